The van der Waals surface area contributed by atoms with Gasteiger partial charge in [-0.1, -0.05) is 29.8 Å². The van der Waals surface area contributed by atoms with Crippen LogP contribution >= 0.6 is 22.9 Å². The molecule has 0 saturated heterocycles. The Morgan fingerprint density at radius 3 is 2.94 bits per heavy atom. The van der Waals surface area contributed by atoms with Crippen LogP contribution in [-0.2, 0) is 0 Å². The number of thiophene rings is 1. The highest BCUT2D eigenvalue weighted by Crippen LogP contribution is 2.37. The van der Waals surface area contributed by atoms with E-state index in [1.807, 2.05) is 29.6 Å². The molecule has 1 aliphatic heterocycles. The minimum atomic E-state index is -0.133. The van der Waals surface area contributed by atoms with E-state index < -0.39 is 0 Å². The molecule has 1 aromatic carbocycles. The van der Waals surface area contributed by atoms with Crippen molar-refractivity contribution < 1.29 is 9.53 Å². The maximum absolute atomic E-state index is 12.5. The number of para-hydroxylation sites is 1. The van der Waals surface area contributed by atoms with Crippen LogP contribution < -0.4 is 4.74 Å². The van der Waals surface area contributed by atoms with E-state index in [2.05, 4.69) is 0 Å². The van der Waals surface area contributed by atoms with Gasteiger partial charge >= 0.3 is 0 Å². The number of carbonyl (C=O) groups excluding carboxylic acids is 1. The summed E-state index contributed by atoms with van der Waals surface area (Å²) < 4.78 is 5.57. The second-order valence-corrected chi connectivity index (χ2v) is 5.51. The van der Waals surface area contributed by atoms with E-state index in [-0.39, 0.29) is 11.7 Å². The number of fused-ring (bicyclic) bond motifs is 1. The Bertz CT molecular complexity index is 591. The molecule has 3 rings (SSSR count). The summed E-state index contributed by atoms with van der Waals surface area (Å²) in [4.78, 5) is 13.2. The van der Waals surface area contributed by atoms with Crippen molar-refractivity contribution in [2.75, 3.05) is 6.61 Å². The molecule has 1 atom stereocenters. The summed E-state index contributed by atoms with van der Waals surface area (Å²) in [6.45, 7) is 0.580. The molecule has 1 aromatic heterocycles. The van der Waals surface area contributed by atoms with Gasteiger partial charge in [0.05, 0.1) is 22.4 Å². The molecule has 0 saturated carbocycles. The maximum Gasteiger partial charge on any atom is 0.182 e. The Kier molecular flexibility index (Phi) is 3.10. The van der Waals surface area contributed by atoms with Crippen molar-refractivity contribution in [1.82, 2.24) is 0 Å². The van der Waals surface area contributed by atoms with Crippen LogP contribution in [0, 0.1) is 0 Å². The van der Waals surface area contributed by atoms with Gasteiger partial charge in [0, 0.05) is 5.56 Å². The lowest BCUT2D eigenvalue weighted by molar-refractivity contribution is 0.0937. The molecule has 18 heavy (non-hydrogen) atoms. The van der Waals surface area contributed by atoms with Crippen molar-refractivity contribution in [1.29, 1.82) is 0 Å². The molecule has 0 spiro atoms. The van der Waals surface area contributed by atoms with Crippen LogP contribution in [0.15, 0.2) is 35.7 Å². The third kappa shape index (κ3) is 1.93. The number of halogens is 1. The lowest BCUT2D eigenvalue weighted by Crippen LogP contribution is -2.21. The molecular weight excluding hydrogens is 268 g/mol. The van der Waals surface area contributed by atoms with Crippen molar-refractivity contribution in [3.05, 3.63) is 51.2 Å². The average molecular weight is 279 g/mol. The molecule has 92 valence electrons. The largest absolute Gasteiger partial charge is 0.493 e. The van der Waals surface area contributed by atoms with Gasteiger partial charge in [-0.05, 0) is 23.9 Å². The molecule has 0 bridgehead atoms. The van der Waals surface area contributed by atoms with Gasteiger partial charge in [-0.2, -0.15) is 0 Å². The fourth-order valence-electron chi connectivity index (χ4n) is 2.24. The van der Waals surface area contributed by atoms with Crippen LogP contribution in [-0.4, -0.2) is 12.4 Å². The molecule has 2 aromatic rings. The minimum Gasteiger partial charge on any atom is -0.493 e. The molecule has 2 nitrogen and oxygen atoms in total. The Morgan fingerprint density at radius 1 is 1.33 bits per heavy atom. The van der Waals surface area contributed by atoms with E-state index in [0.29, 0.717) is 22.9 Å². The number of hydrogen-bond acceptors (Lipinski definition) is 3. The quantitative estimate of drug-likeness (QED) is 0.772. The van der Waals surface area contributed by atoms with Gasteiger partial charge in [0.25, 0.3) is 0 Å². The zero-order valence-electron chi connectivity index (χ0n) is 9.56. The van der Waals surface area contributed by atoms with E-state index in [1.54, 1.807) is 6.07 Å². The summed E-state index contributed by atoms with van der Waals surface area (Å²) in [5, 5.41) is 2.40. The second kappa shape index (κ2) is 4.75. The summed E-state index contributed by atoms with van der Waals surface area (Å²) in [7, 11) is 0. The van der Waals surface area contributed by atoms with E-state index in [9.17, 15) is 4.79 Å². The number of Topliss-reactive ketones (excluding diaryl/α,β-unsaturated/α-hetero) is 1. The van der Waals surface area contributed by atoms with E-state index in [4.69, 9.17) is 16.3 Å². The van der Waals surface area contributed by atoms with Gasteiger partial charge in [-0.3, -0.25) is 4.79 Å². The van der Waals surface area contributed by atoms with Crippen molar-refractivity contribution in [3.8, 4) is 5.75 Å². The number of carbonyl (C=O) groups is 1. The number of ketones is 1. The van der Waals surface area contributed by atoms with Crippen molar-refractivity contribution in [2.24, 2.45) is 0 Å². The standard InChI is InChI=1S/C14H11ClO2S/c15-11-6-8-18-14(11)13(16)10-5-7-17-12-4-2-1-3-9(10)12/h1-4,6,8,10H,5,7H2. The van der Waals surface area contributed by atoms with E-state index in [0.717, 1.165) is 11.3 Å². The third-order valence-corrected chi connectivity index (χ3v) is 4.47. The maximum atomic E-state index is 12.5. The second-order valence-electron chi connectivity index (χ2n) is 4.19. The monoisotopic (exact) mass is 278 g/mol. The summed E-state index contributed by atoms with van der Waals surface area (Å²) >= 11 is 7.44. The Morgan fingerprint density at radius 2 is 2.17 bits per heavy atom. The molecular formula is C14H11ClO2S. The molecule has 4 heteroatoms. The van der Waals surface area contributed by atoms with Crippen LogP contribution in [0.1, 0.15) is 27.6 Å². The number of benzene rings is 1. The zero-order valence-corrected chi connectivity index (χ0v) is 11.1. The summed E-state index contributed by atoms with van der Waals surface area (Å²) in [5.74, 6) is 0.784. The molecule has 0 fully saturated rings. The van der Waals surface area contributed by atoms with Crippen LogP contribution in [0.5, 0.6) is 5.75 Å². The summed E-state index contributed by atoms with van der Waals surface area (Å²) in [5.41, 5.74) is 0.971. The summed E-state index contributed by atoms with van der Waals surface area (Å²) in [6, 6.07) is 9.49. The first-order valence-electron chi connectivity index (χ1n) is 5.76. The third-order valence-electron chi connectivity index (χ3n) is 3.12. The number of ether oxygens (including phenoxy) is 1. The van der Waals surface area contributed by atoms with Crippen molar-refractivity contribution >= 4 is 28.7 Å². The van der Waals surface area contributed by atoms with Crippen molar-refractivity contribution in [3.63, 3.8) is 0 Å². The first kappa shape index (κ1) is 11.8. The fourth-order valence-corrected chi connectivity index (χ4v) is 3.39. The zero-order chi connectivity index (χ0) is 12.5. The predicted octanol–water partition coefficient (Wildman–Crippen LogP) is 4.15. The molecule has 1 aliphatic rings. The molecule has 1 unspecified atom stereocenters. The Hall–Kier alpha value is -1.32. The van der Waals surface area contributed by atoms with Crippen molar-refractivity contribution in [2.45, 2.75) is 12.3 Å². The Balaban J connectivity index is 2.00. The molecule has 0 radical (unpaired) electrons. The lowest BCUT2D eigenvalue weighted by atomic mass is 9.89. The van der Waals surface area contributed by atoms with Gasteiger partial charge in [0.15, 0.2) is 5.78 Å². The highest BCUT2D eigenvalue weighted by Gasteiger charge is 2.29. The van der Waals surface area contributed by atoms with Gasteiger partial charge in [-0.25, -0.2) is 0 Å². The fraction of sp³-hybridized carbons (Fsp3) is 0.214. The lowest BCUT2D eigenvalue weighted by Gasteiger charge is -2.24. The molecule has 0 amide bonds. The first-order valence-corrected chi connectivity index (χ1v) is 7.02. The number of rotatable bonds is 2. The normalized spacial score (nSPS) is 17.9. The van der Waals surface area contributed by atoms with Crippen LogP contribution in [0.4, 0.5) is 0 Å². The van der Waals surface area contributed by atoms with Crippen LogP contribution in [0.3, 0.4) is 0 Å². The SMILES string of the molecule is O=C(c1sccc1Cl)C1CCOc2ccccc21. The molecule has 0 aliphatic carbocycles. The van der Waals surface area contributed by atoms with Gasteiger partial charge in [0.1, 0.15) is 5.75 Å². The van der Waals surface area contributed by atoms with Crippen LogP contribution in [0.25, 0.3) is 0 Å². The number of hydrogen-bond donors (Lipinski definition) is 0. The highest BCUT2D eigenvalue weighted by molar-refractivity contribution is 7.12. The Labute approximate surface area is 114 Å². The molecule has 0 N–H and O–H groups in total. The van der Waals surface area contributed by atoms with Gasteiger partial charge in [-0.15, -0.1) is 11.3 Å². The highest BCUT2D eigenvalue weighted by atomic mass is 35.5. The van der Waals surface area contributed by atoms with E-state index >= 15 is 0 Å². The van der Waals surface area contributed by atoms with E-state index in [1.165, 1.54) is 11.3 Å². The van der Waals surface area contributed by atoms with Gasteiger partial charge in [0.2, 0.25) is 0 Å². The van der Waals surface area contributed by atoms with Gasteiger partial charge < -0.3 is 4.74 Å². The summed E-state index contributed by atoms with van der Waals surface area (Å²) in [6.07, 6.45) is 0.712. The minimum absolute atomic E-state index is 0.103. The average Bonchev–Trinajstić information content (AvgIpc) is 2.83. The van der Waals surface area contributed by atoms with Crippen LogP contribution in [0.2, 0.25) is 5.02 Å². The topological polar surface area (TPSA) is 26.3 Å². The molecule has 2 heterocycles. The smallest absolute Gasteiger partial charge is 0.182 e. The first-order chi connectivity index (χ1) is 8.77. The predicted molar refractivity (Wildman–Crippen MR) is 73.0 cm³/mol.